The highest BCUT2D eigenvalue weighted by Gasteiger charge is 2.32. The first-order valence-corrected chi connectivity index (χ1v) is 12.5. The van der Waals surface area contributed by atoms with E-state index >= 15 is 0 Å². The van der Waals surface area contributed by atoms with Gasteiger partial charge in [0.05, 0.1) is 12.3 Å². The van der Waals surface area contributed by atoms with E-state index in [1.165, 1.54) is 11.1 Å². The minimum Gasteiger partial charge on any atom is -0.494 e. The van der Waals surface area contributed by atoms with Crippen LogP contribution in [0, 0.1) is 20.8 Å². The zero-order chi connectivity index (χ0) is 25.2. The first-order valence-electron chi connectivity index (χ1n) is 12.1. The summed E-state index contributed by atoms with van der Waals surface area (Å²) < 4.78 is 8.13. The summed E-state index contributed by atoms with van der Waals surface area (Å²) in [7, 11) is 0. The molecule has 1 saturated heterocycles. The molecule has 1 aliphatic heterocycles. The van der Waals surface area contributed by atoms with Crippen molar-refractivity contribution in [1.29, 1.82) is 0 Å². The molecule has 3 aromatic carbocycles. The highest BCUT2D eigenvalue weighted by molar-refractivity contribution is 7.80. The van der Waals surface area contributed by atoms with Gasteiger partial charge in [-0.2, -0.15) is 0 Å². The molecule has 182 valence electrons. The summed E-state index contributed by atoms with van der Waals surface area (Å²) in [5.74, 6) is 0.741. The molecule has 0 bridgehead atoms. The van der Waals surface area contributed by atoms with Gasteiger partial charge in [0.15, 0.2) is 5.11 Å². The van der Waals surface area contributed by atoms with Crippen molar-refractivity contribution in [2.75, 3.05) is 11.5 Å². The van der Waals surface area contributed by atoms with Crippen LogP contribution in [0.5, 0.6) is 5.75 Å². The highest BCUT2D eigenvalue weighted by atomic mass is 32.1. The van der Waals surface area contributed by atoms with Gasteiger partial charge in [-0.1, -0.05) is 42.0 Å². The van der Waals surface area contributed by atoms with Gasteiger partial charge in [0.1, 0.15) is 11.4 Å². The van der Waals surface area contributed by atoms with Crippen LogP contribution < -0.4 is 15.0 Å². The molecular weight excluding hydrogens is 466 g/mol. The number of anilines is 1. The molecule has 1 aliphatic rings. The average Bonchev–Trinajstić information content (AvgIpc) is 3.36. The Hall–Kier alpha value is -3.90. The molecule has 36 heavy (non-hydrogen) atoms. The highest BCUT2D eigenvalue weighted by Crippen LogP contribution is 2.28. The summed E-state index contributed by atoms with van der Waals surface area (Å²) in [5.41, 5.74) is 6.87. The molecule has 0 aliphatic carbocycles. The van der Waals surface area contributed by atoms with Crippen molar-refractivity contribution in [3.8, 4) is 5.75 Å². The molecule has 6 heteroatoms. The van der Waals surface area contributed by atoms with Crippen molar-refractivity contribution in [1.82, 2.24) is 9.88 Å². The monoisotopic (exact) mass is 495 g/mol. The van der Waals surface area contributed by atoms with Crippen molar-refractivity contribution in [2.24, 2.45) is 0 Å². The second-order valence-corrected chi connectivity index (χ2v) is 9.59. The van der Waals surface area contributed by atoms with Gasteiger partial charge in [-0.15, -0.1) is 0 Å². The predicted octanol–water partition coefficient (Wildman–Crippen LogP) is 6.30. The minimum atomic E-state index is -0.147. The number of hydrogen-bond acceptors (Lipinski definition) is 3. The van der Waals surface area contributed by atoms with E-state index in [4.69, 9.17) is 17.0 Å². The molecule has 1 N–H and O–H groups in total. The van der Waals surface area contributed by atoms with Gasteiger partial charge in [-0.05, 0) is 86.9 Å². The number of amides is 1. The number of nitrogens with one attached hydrogen (secondary N) is 1. The number of nitrogens with zero attached hydrogens (tertiary/aromatic N) is 2. The molecule has 0 unspecified atom stereocenters. The van der Waals surface area contributed by atoms with Crippen LogP contribution in [0.25, 0.3) is 17.0 Å². The lowest BCUT2D eigenvalue weighted by atomic mass is 10.1. The smallest absolute Gasteiger partial charge is 0.281 e. The molecule has 2 heterocycles. The van der Waals surface area contributed by atoms with Crippen LogP contribution in [0.15, 0.2) is 78.6 Å². The number of para-hydroxylation sites is 1. The van der Waals surface area contributed by atoms with Crippen LogP contribution in [-0.2, 0) is 11.3 Å². The third-order valence-electron chi connectivity index (χ3n) is 6.58. The third kappa shape index (κ3) is 4.77. The van der Waals surface area contributed by atoms with Gasteiger partial charge in [-0.25, -0.2) is 0 Å². The van der Waals surface area contributed by atoms with Crippen LogP contribution in [0.3, 0.4) is 0 Å². The lowest BCUT2D eigenvalue weighted by molar-refractivity contribution is -0.113. The maximum absolute atomic E-state index is 13.3. The Morgan fingerprint density at radius 3 is 2.53 bits per heavy atom. The summed E-state index contributed by atoms with van der Waals surface area (Å²) in [6.07, 6.45) is 4.86. The largest absolute Gasteiger partial charge is 0.494 e. The second kappa shape index (κ2) is 9.99. The molecule has 0 atom stereocenters. The molecule has 4 aromatic rings. The number of fused-ring (bicyclic) bond motifs is 1. The Balaban J connectivity index is 1.35. The van der Waals surface area contributed by atoms with Gasteiger partial charge in [0.25, 0.3) is 5.91 Å². The molecule has 1 fully saturated rings. The number of ether oxygens (including phenoxy) is 1. The van der Waals surface area contributed by atoms with Crippen LogP contribution >= 0.6 is 12.2 Å². The number of carbonyl (C=O) groups excluding carboxylic acids is 1. The van der Waals surface area contributed by atoms with Crippen LogP contribution in [0.2, 0.25) is 0 Å². The predicted molar refractivity (Wildman–Crippen MR) is 150 cm³/mol. The van der Waals surface area contributed by atoms with E-state index < -0.39 is 0 Å². The van der Waals surface area contributed by atoms with E-state index in [0.717, 1.165) is 46.4 Å². The van der Waals surface area contributed by atoms with E-state index in [1.54, 1.807) is 4.90 Å². The Labute approximate surface area is 217 Å². The van der Waals surface area contributed by atoms with Crippen molar-refractivity contribution >= 4 is 45.9 Å². The molecule has 5 rings (SSSR count). The number of hydrogen-bond donors (Lipinski definition) is 1. The fourth-order valence-electron chi connectivity index (χ4n) is 4.42. The fourth-order valence-corrected chi connectivity index (χ4v) is 4.72. The Bertz CT molecular complexity index is 1480. The molecule has 0 saturated carbocycles. The van der Waals surface area contributed by atoms with Crippen molar-refractivity contribution < 1.29 is 9.53 Å². The topological polar surface area (TPSA) is 46.5 Å². The number of benzene rings is 3. The number of thiocarbonyl (C=S) groups is 1. The molecule has 5 nitrogen and oxygen atoms in total. The number of aromatic nitrogens is 1. The summed E-state index contributed by atoms with van der Waals surface area (Å²) in [5, 5.41) is 4.61. The Kier molecular flexibility index (Phi) is 6.61. The van der Waals surface area contributed by atoms with E-state index in [-0.39, 0.29) is 5.91 Å². The normalized spacial score (nSPS) is 14.6. The maximum Gasteiger partial charge on any atom is 0.281 e. The zero-order valence-electron chi connectivity index (χ0n) is 20.7. The summed E-state index contributed by atoms with van der Waals surface area (Å²) in [6, 6.07) is 22.3. The van der Waals surface area contributed by atoms with Crippen LogP contribution in [0.4, 0.5) is 5.69 Å². The maximum atomic E-state index is 13.3. The number of rotatable bonds is 7. The van der Waals surface area contributed by atoms with Gasteiger partial charge in [-0.3, -0.25) is 9.69 Å². The third-order valence-corrected chi connectivity index (χ3v) is 6.86. The van der Waals surface area contributed by atoms with Crippen molar-refractivity contribution in [3.05, 3.63) is 101 Å². The summed E-state index contributed by atoms with van der Waals surface area (Å²) >= 11 is 5.52. The second-order valence-electron chi connectivity index (χ2n) is 9.21. The van der Waals surface area contributed by atoms with Gasteiger partial charge in [0.2, 0.25) is 0 Å². The molecule has 0 radical (unpaired) electrons. The lowest BCUT2D eigenvalue weighted by Crippen LogP contribution is -2.30. The number of carbonyl (C=O) groups is 1. The molecule has 0 spiro atoms. The van der Waals surface area contributed by atoms with Crippen LogP contribution in [-0.4, -0.2) is 22.2 Å². The zero-order valence-corrected chi connectivity index (χ0v) is 21.6. The first kappa shape index (κ1) is 23.8. The van der Waals surface area contributed by atoms with Gasteiger partial charge in [0, 0.05) is 29.2 Å². The SMILES string of the molecule is Cc1ccc(OCCCn2cc(/C=C3\NC(=S)N(c4ccc(C)c(C)c4)C3=O)c3ccccc32)cc1. The molecule has 1 amide bonds. The standard InChI is InChI=1S/C30H29N3O2S/c1-20-9-13-25(14-10-20)35-16-6-15-32-19-23(26-7-4-5-8-28(26)32)18-27-29(34)33(30(36)31-27)24-12-11-21(2)22(3)17-24/h4-5,7-14,17-19H,6,15-16H2,1-3H3,(H,31,36)/b27-18-. The Morgan fingerprint density at radius 1 is 0.972 bits per heavy atom. The van der Waals surface area contributed by atoms with Crippen LogP contribution in [0.1, 0.15) is 28.7 Å². The quantitative estimate of drug-likeness (QED) is 0.186. The first-order chi connectivity index (χ1) is 17.4. The number of aryl methyl sites for hydroxylation is 4. The minimum absolute atomic E-state index is 0.147. The summed E-state index contributed by atoms with van der Waals surface area (Å²) in [6.45, 7) is 7.59. The van der Waals surface area contributed by atoms with E-state index in [1.807, 2.05) is 55.5 Å². The van der Waals surface area contributed by atoms with Gasteiger partial charge < -0.3 is 14.6 Å². The molecule has 1 aromatic heterocycles. The van der Waals surface area contributed by atoms with Crippen molar-refractivity contribution in [2.45, 2.75) is 33.7 Å². The average molecular weight is 496 g/mol. The lowest BCUT2D eigenvalue weighted by Gasteiger charge is -2.15. The van der Waals surface area contributed by atoms with E-state index in [9.17, 15) is 4.79 Å². The van der Waals surface area contributed by atoms with Crippen molar-refractivity contribution in [3.63, 3.8) is 0 Å². The van der Waals surface area contributed by atoms with E-state index in [0.29, 0.717) is 17.4 Å². The van der Waals surface area contributed by atoms with E-state index in [2.05, 4.69) is 54.2 Å². The van der Waals surface area contributed by atoms with Gasteiger partial charge >= 0.3 is 0 Å². The molecular formula is C30H29N3O2S. The Morgan fingerprint density at radius 2 is 1.75 bits per heavy atom. The fraction of sp³-hybridized carbons (Fsp3) is 0.200. The summed E-state index contributed by atoms with van der Waals surface area (Å²) in [4.78, 5) is 14.9.